The van der Waals surface area contributed by atoms with Gasteiger partial charge in [-0.05, 0) is 35.9 Å². The number of azide groups is 1. The summed E-state index contributed by atoms with van der Waals surface area (Å²) in [4.78, 5) is 2.75. The number of nitrogens with zero attached hydrogens (tertiary/aromatic N) is 3. The molecule has 0 amide bonds. The first-order chi connectivity index (χ1) is 7.07. The smallest absolute Gasteiger partial charge is 0.190 e. The second-order valence-electron chi connectivity index (χ2n) is 3.48. The Morgan fingerprint density at radius 1 is 1.67 bits per heavy atom. The summed E-state index contributed by atoms with van der Waals surface area (Å²) < 4.78 is 24.1. The van der Waals surface area contributed by atoms with Crippen LogP contribution in [-0.2, 0) is 9.84 Å². The summed E-state index contributed by atoms with van der Waals surface area (Å²) in [7, 11) is -3.19. The highest BCUT2D eigenvalue weighted by Gasteiger charge is 2.36. The Bertz CT molecular complexity index is 528. The zero-order valence-electron chi connectivity index (χ0n) is 7.99. The number of hydrogen-bond donors (Lipinski definition) is 0. The van der Waals surface area contributed by atoms with Crippen LogP contribution in [-0.4, -0.2) is 13.7 Å². The van der Waals surface area contributed by atoms with Crippen molar-refractivity contribution in [1.29, 1.82) is 0 Å². The Morgan fingerprint density at radius 3 is 3.07 bits per heavy atom. The lowest BCUT2D eigenvalue weighted by atomic mass is 10.1. The van der Waals surface area contributed by atoms with Crippen molar-refractivity contribution in [3.63, 3.8) is 0 Å². The van der Waals surface area contributed by atoms with Gasteiger partial charge in [-0.2, -0.15) is 0 Å². The molecule has 2 atom stereocenters. The molecule has 0 saturated carbocycles. The van der Waals surface area contributed by atoms with Gasteiger partial charge in [0.2, 0.25) is 0 Å². The van der Waals surface area contributed by atoms with Gasteiger partial charge in [0.15, 0.2) is 9.84 Å². The SMILES string of the molecule is C[C@H]1C[C@H](N=[N+]=[N-])c2ccsc2S1(=O)=O. The third-order valence-electron chi connectivity index (χ3n) is 2.55. The zero-order chi connectivity index (χ0) is 11.1. The fraction of sp³-hybridized carbons (Fsp3) is 0.500. The largest absolute Gasteiger partial charge is 0.223 e. The molecule has 2 rings (SSSR count). The van der Waals surface area contributed by atoms with Crippen LogP contribution in [0.4, 0.5) is 0 Å². The van der Waals surface area contributed by atoms with Crippen LogP contribution in [0.3, 0.4) is 0 Å². The van der Waals surface area contributed by atoms with E-state index in [1.807, 2.05) is 0 Å². The molecule has 0 fully saturated rings. The average molecular weight is 243 g/mol. The van der Waals surface area contributed by atoms with Crippen LogP contribution in [0.25, 0.3) is 10.4 Å². The molecule has 1 aliphatic rings. The second-order valence-corrected chi connectivity index (χ2v) is 6.95. The Balaban J connectivity index is 2.62. The predicted molar refractivity (Wildman–Crippen MR) is 57.5 cm³/mol. The average Bonchev–Trinajstić information content (AvgIpc) is 2.64. The summed E-state index contributed by atoms with van der Waals surface area (Å²) in [6.45, 7) is 1.65. The molecule has 7 heteroatoms. The van der Waals surface area contributed by atoms with Gasteiger partial charge >= 0.3 is 0 Å². The molecule has 0 bridgehead atoms. The summed E-state index contributed by atoms with van der Waals surface area (Å²) in [5, 5.41) is 4.89. The number of thiophene rings is 1. The van der Waals surface area contributed by atoms with E-state index in [1.165, 1.54) is 11.3 Å². The quantitative estimate of drug-likeness (QED) is 0.431. The summed E-state index contributed by atoms with van der Waals surface area (Å²) >= 11 is 1.19. The summed E-state index contributed by atoms with van der Waals surface area (Å²) in [5.41, 5.74) is 9.06. The maximum atomic E-state index is 11.9. The van der Waals surface area contributed by atoms with E-state index in [0.29, 0.717) is 16.2 Å². The van der Waals surface area contributed by atoms with Crippen molar-refractivity contribution in [2.45, 2.75) is 28.8 Å². The number of sulfone groups is 1. The maximum absolute atomic E-state index is 11.9. The fourth-order valence-corrected chi connectivity index (χ4v) is 4.91. The third-order valence-corrected chi connectivity index (χ3v) is 6.26. The molecule has 0 radical (unpaired) electrons. The van der Waals surface area contributed by atoms with Crippen LogP contribution >= 0.6 is 11.3 Å². The minimum absolute atomic E-state index is 0.338. The van der Waals surface area contributed by atoms with Crippen LogP contribution in [0.5, 0.6) is 0 Å². The van der Waals surface area contributed by atoms with Gasteiger partial charge in [-0.1, -0.05) is 5.11 Å². The molecule has 0 saturated heterocycles. The molecule has 5 nitrogen and oxygen atoms in total. The summed E-state index contributed by atoms with van der Waals surface area (Å²) in [5.74, 6) is 0. The maximum Gasteiger partial charge on any atom is 0.190 e. The molecule has 80 valence electrons. The summed E-state index contributed by atoms with van der Waals surface area (Å²) in [6, 6.07) is 1.39. The first kappa shape index (κ1) is 10.5. The van der Waals surface area contributed by atoms with Gasteiger partial charge in [0.1, 0.15) is 4.21 Å². The Morgan fingerprint density at radius 2 is 2.40 bits per heavy atom. The minimum atomic E-state index is -3.19. The summed E-state index contributed by atoms with van der Waals surface area (Å²) in [6.07, 6.45) is 0.371. The first-order valence-electron chi connectivity index (χ1n) is 4.43. The van der Waals surface area contributed by atoms with Gasteiger partial charge in [0.25, 0.3) is 0 Å². The minimum Gasteiger partial charge on any atom is -0.223 e. The Kier molecular flexibility index (Phi) is 2.46. The first-order valence-corrected chi connectivity index (χ1v) is 6.85. The van der Waals surface area contributed by atoms with Crippen molar-refractivity contribution in [2.24, 2.45) is 5.11 Å². The van der Waals surface area contributed by atoms with Crippen molar-refractivity contribution >= 4 is 21.2 Å². The van der Waals surface area contributed by atoms with Crippen LogP contribution in [0, 0.1) is 0 Å². The Labute approximate surface area is 91.3 Å². The van der Waals surface area contributed by atoms with Crippen molar-refractivity contribution in [3.05, 3.63) is 27.5 Å². The Hall–Kier alpha value is -1.04. The molecular weight excluding hydrogens is 234 g/mol. The molecule has 0 aromatic carbocycles. The van der Waals surface area contributed by atoms with Gasteiger partial charge in [-0.3, -0.25) is 0 Å². The lowest BCUT2D eigenvalue weighted by Crippen LogP contribution is -2.25. The monoisotopic (exact) mass is 243 g/mol. The number of hydrogen-bond acceptors (Lipinski definition) is 4. The second kappa shape index (κ2) is 3.52. The number of rotatable bonds is 1. The highest BCUT2D eigenvalue weighted by atomic mass is 32.2. The fourth-order valence-electron chi connectivity index (χ4n) is 1.71. The van der Waals surface area contributed by atoms with E-state index >= 15 is 0 Å². The van der Waals surface area contributed by atoms with Crippen LogP contribution in [0.15, 0.2) is 20.8 Å². The van der Waals surface area contributed by atoms with Crippen molar-refractivity contribution in [1.82, 2.24) is 0 Å². The molecule has 0 unspecified atom stereocenters. The number of fused-ring (bicyclic) bond motifs is 1. The van der Waals surface area contributed by atoms with E-state index in [0.717, 1.165) is 0 Å². The van der Waals surface area contributed by atoms with E-state index in [-0.39, 0.29) is 6.04 Å². The van der Waals surface area contributed by atoms with E-state index in [1.54, 1.807) is 18.4 Å². The van der Waals surface area contributed by atoms with Crippen molar-refractivity contribution in [2.75, 3.05) is 0 Å². The molecule has 0 N–H and O–H groups in total. The predicted octanol–water partition coefficient (Wildman–Crippen LogP) is 2.67. The van der Waals surface area contributed by atoms with E-state index in [4.69, 9.17) is 5.53 Å². The van der Waals surface area contributed by atoms with Crippen LogP contribution < -0.4 is 0 Å². The molecule has 2 heterocycles. The lowest BCUT2D eigenvalue weighted by Gasteiger charge is -2.23. The standard InChI is InChI=1S/C8H9N3O2S2/c1-5-4-7(10-11-9)6-2-3-14-8(6)15(5,12)13/h2-3,5,7H,4H2,1H3/t5-,7-/m0/s1. The van der Waals surface area contributed by atoms with Gasteiger partial charge in [0.05, 0.1) is 11.3 Å². The molecular formula is C8H9N3O2S2. The van der Waals surface area contributed by atoms with Crippen molar-refractivity contribution < 1.29 is 8.42 Å². The van der Waals surface area contributed by atoms with Gasteiger partial charge in [-0.25, -0.2) is 8.42 Å². The van der Waals surface area contributed by atoms with Crippen LogP contribution in [0.2, 0.25) is 0 Å². The molecule has 0 spiro atoms. The van der Waals surface area contributed by atoms with E-state index < -0.39 is 15.1 Å². The lowest BCUT2D eigenvalue weighted by molar-refractivity contribution is 0.541. The molecule has 0 aliphatic carbocycles. The molecule has 1 aromatic heterocycles. The highest BCUT2D eigenvalue weighted by Crippen LogP contribution is 2.41. The van der Waals surface area contributed by atoms with Gasteiger partial charge in [0, 0.05) is 4.91 Å². The highest BCUT2D eigenvalue weighted by molar-refractivity contribution is 7.94. The normalized spacial score (nSPS) is 27.8. The molecule has 1 aliphatic heterocycles. The van der Waals surface area contributed by atoms with E-state index in [2.05, 4.69) is 10.0 Å². The van der Waals surface area contributed by atoms with Gasteiger partial charge in [-0.15, -0.1) is 11.3 Å². The molecule has 1 aromatic rings. The topological polar surface area (TPSA) is 82.9 Å². The zero-order valence-corrected chi connectivity index (χ0v) is 9.62. The third kappa shape index (κ3) is 1.52. The van der Waals surface area contributed by atoms with Gasteiger partial charge < -0.3 is 0 Å². The van der Waals surface area contributed by atoms with Crippen molar-refractivity contribution in [3.8, 4) is 0 Å². The van der Waals surface area contributed by atoms with E-state index in [9.17, 15) is 8.42 Å². The molecule has 15 heavy (non-hydrogen) atoms. The van der Waals surface area contributed by atoms with Crippen LogP contribution in [0.1, 0.15) is 24.9 Å².